The van der Waals surface area contributed by atoms with E-state index in [2.05, 4.69) is 16.0 Å². The van der Waals surface area contributed by atoms with Crippen molar-refractivity contribution in [3.8, 4) is 0 Å². The number of carboxylic acids is 3. The molecule has 1 saturated carbocycles. The van der Waals surface area contributed by atoms with Gasteiger partial charge in [-0.25, -0.2) is 9.59 Å². The molecular weight excluding hydrogens is 622 g/mol. The maximum Gasteiger partial charge on any atom is 0.330 e. The van der Waals surface area contributed by atoms with Gasteiger partial charge in [-0.3, -0.25) is 19.2 Å². The molecule has 2 atom stereocenters. The van der Waals surface area contributed by atoms with Gasteiger partial charge in [0.2, 0.25) is 17.7 Å². The number of unbranched alkanes of at least 4 members (excludes halogenated alkanes) is 11. The van der Waals surface area contributed by atoms with Gasteiger partial charge in [0.05, 0.1) is 0 Å². The molecule has 0 aromatic heterocycles. The highest BCUT2D eigenvalue weighted by atomic mass is 16.4. The summed E-state index contributed by atoms with van der Waals surface area (Å²) in [5.74, 6) is -5.04. The number of nitrogens with one attached hydrogen (secondary N) is 3. The number of hydrogen-bond donors (Lipinski definition) is 6. The summed E-state index contributed by atoms with van der Waals surface area (Å²) in [5.41, 5.74) is 0. The molecular formula is C35H57N3O10. The maximum absolute atomic E-state index is 12.8. The van der Waals surface area contributed by atoms with E-state index in [9.17, 15) is 43.8 Å². The van der Waals surface area contributed by atoms with E-state index in [0.717, 1.165) is 63.5 Å². The van der Waals surface area contributed by atoms with Crippen LogP contribution >= 0.6 is 0 Å². The van der Waals surface area contributed by atoms with Crippen molar-refractivity contribution in [3.63, 3.8) is 0 Å². The lowest BCUT2D eigenvalue weighted by Gasteiger charge is -2.28. The number of amides is 3. The third-order valence-electron chi connectivity index (χ3n) is 8.75. The second-order valence-corrected chi connectivity index (χ2v) is 13.0. The predicted octanol–water partition coefficient (Wildman–Crippen LogP) is 4.52. The van der Waals surface area contributed by atoms with Crippen LogP contribution in [-0.4, -0.2) is 75.4 Å². The monoisotopic (exact) mass is 679 g/mol. The zero-order valence-corrected chi connectivity index (χ0v) is 28.5. The Morgan fingerprint density at radius 2 is 1.19 bits per heavy atom. The summed E-state index contributed by atoms with van der Waals surface area (Å²) in [6.45, 7) is 1.85. The van der Waals surface area contributed by atoms with E-state index in [1.54, 1.807) is 0 Å². The van der Waals surface area contributed by atoms with Gasteiger partial charge >= 0.3 is 17.9 Å². The van der Waals surface area contributed by atoms with Gasteiger partial charge < -0.3 is 36.1 Å². The Kier molecular flexibility index (Phi) is 22.2. The van der Waals surface area contributed by atoms with Crippen LogP contribution < -0.4 is 16.0 Å². The number of aliphatic carboxylic acids is 3. The molecule has 13 heteroatoms. The molecule has 0 bridgehead atoms. The topological polar surface area (TPSA) is 216 Å². The molecule has 1 aliphatic rings. The van der Waals surface area contributed by atoms with Gasteiger partial charge in [-0.05, 0) is 63.9 Å². The lowest BCUT2D eigenvalue weighted by Crippen LogP contribution is -2.44. The molecule has 13 nitrogen and oxygen atoms in total. The zero-order chi connectivity index (χ0) is 35.7. The van der Waals surface area contributed by atoms with E-state index in [-0.39, 0.29) is 42.8 Å². The molecule has 0 heterocycles. The minimum absolute atomic E-state index is 0.0338. The van der Waals surface area contributed by atoms with Gasteiger partial charge in [-0.1, -0.05) is 64.2 Å². The van der Waals surface area contributed by atoms with Crippen LogP contribution in [0, 0.1) is 11.8 Å². The van der Waals surface area contributed by atoms with Crippen molar-refractivity contribution in [1.82, 2.24) is 16.0 Å². The summed E-state index contributed by atoms with van der Waals surface area (Å²) in [5, 5.41) is 35.0. The predicted molar refractivity (Wildman–Crippen MR) is 179 cm³/mol. The van der Waals surface area contributed by atoms with E-state index in [4.69, 9.17) is 5.11 Å². The molecule has 0 aromatic carbocycles. The molecule has 1 aliphatic carbocycles. The maximum atomic E-state index is 12.8. The van der Waals surface area contributed by atoms with Gasteiger partial charge in [0.1, 0.15) is 17.9 Å². The number of rotatable bonds is 27. The molecule has 6 N–H and O–H groups in total. The molecule has 272 valence electrons. The first-order valence-electron chi connectivity index (χ1n) is 17.6. The normalized spacial score (nSPS) is 17.3. The summed E-state index contributed by atoms with van der Waals surface area (Å²) >= 11 is 0. The molecule has 3 amide bonds. The summed E-state index contributed by atoms with van der Waals surface area (Å²) in [6.07, 6.45) is 18.1. The van der Waals surface area contributed by atoms with Crippen molar-refractivity contribution in [3.05, 3.63) is 12.2 Å². The number of carbonyl (C=O) groups is 7. The van der Waals surface area contributed by atoms with Gasteiger partial charge in [0, 0.05) is 37.8 Å². The Morgan fingerprint density at radius 1 is 0.667 bits per heavy atom. The average molecular weight is 680 g/mol. The quantitative estimate of drug-likeness (QED) is 0.0527. The lowest BCUT2D eigenvalue weighted by molar-refractivity contribution is -0.142. The van der Waals surface area contributed by atoms with Crippen LogP contribution in [0.1, 0.15) is 135 Å². The van der Waals surface area contributed by atoms with E-state index in [1.165, 1.54) is 45.4 Å². The van der Waals surface area contributed by atoms with E-state index in [0.29, 0.717) is 25.8 Å². The number of carbonyl (C=O) groups excluding carboxylic acids is 4. The standard InChI is InChI=1S/C35H57N3O10/c1-25(39)16-21-28(34(45)46)37-31(41)23-22-29(35(47)48)38-33(44)27-19-17-26(18-20-27)24-36-30(40)14-12-10-8-6-4-2-3-5-7-9-11-13-15-32(42)43/h22-23,26-29H,2-21,24H2,1H3,(H,36,40)(H,37,41)(H,38,44)(H,42,43)(H,45,46)(H,47,48)/b23-22+/t26?,27?,28-,29-/m0/s1. The average Bonchev–Trinajstić information content (AvgIpc) is 3.03. The SMILES string of the molecule is CC(=O)CC[C@H](NC(=O)/C=C/[C@H](NC(=O)C1CCC(CNC(=O)CCCCCCCCCCCCCCC(=O)O)CC1)C(=O)O)C(=O)O. The second kappa shape index (κ2) is 25.3. The fraction of sp³-hybridized carbons (Fsp3) is 0.743. The molecule has 0 spiro atoms. The Labute approximate surface area is 284 Å². The summed E-state index contributed by atoms with van der Waals surface area (Å²) < 4.78 is 0. The number of carboxylic acid groups (broad SMARTS) is 3. The van der Waals surface area contributed by atoms with Crippen molar-refractivity contribution >= 4 is 41.4 Å². The molecule has 0 aliphatic heterocycles. The van der Waals surface area contributed by atoms with Gasteiger partial charge in [0.25, 0.3) is 0 Å². The smallest absolute Gasteiger partial charge is 0.330 e. The molecule has 0 radical (unpaired) electrons. The summed E-state index contributed by atoms with van der Waals surface area (Å²) in [7, 11) is 0. The van der Waals surface area contributed by atoms with Crippen molar-refractivity contribution in [2.75, 3.05) is 6.54 Å². The molecule has 0 aromatic rings. The molecule has 1 fully saturated rings. The number of ketones is 1. The van der Waals surface area contributed by atoms with Gasteiger partial charge in [-0.15, -0.1) is 0 Å². The molecule has 0 unspecified atom stereocenters. The molecule has 1 rings (SSSR count). The van der Waals surface area contributed by atoms with Crippen molar-refractivity contribution in [2.45, 2.75) is 147 Å². The van der Waals surface area contributed by atoms with Crippen LogP contribution in [0.25, 0.3) is 0 Å². The van der Waals surface area contributed by atoms with Crippen molar-refractivity contribution < 1.29 is 48.9 Å². The largest absolute Gasteiger partial charge is 0.481 e. The number of Topliss-reactive ketones (excluding diaryl/α,β-unsaturated/α-hetero) is 1. The van der Waals surface area contributed by atoms with Crippen molar-refractivity contribution in [2.24, 2.45) is 11.8 Å². The van der Waals surface area contributed by atoms with Crippen LogP contribution in [0.3, 0.4) is 0 Å². The second-order valence-electron chi connectivity index (χ2n) is 13.0. The van der Waals surface area contributed by atoms with E-state index >= 15 is 0 Å². The van der Waals surface area contributed by atoms with E-state index < -0.39 is 41.8 Å². The Balaban J connectivity index is 2.20. The summed E-state index contributed by atoms with van der Waals surface area (Å²) in [6, 6.07) is -2.78. The highest BCUT2D eigenvalue weighted by Gasteiger charge is 2.29. The highest BCUT2D eigenvalue weighted by Crippen LogP contribution is 2.28. The Morgan fingerprint density at radius 3 is 1.67 bits per heavy atom. The third kappa shape index (κ3) is 21.2. The van der Waals surface area contributed by atoms with Crippen LogP contribution in [0.15, 0.2) is 12.2 Å². The fourth-order valence-electron chi connectivity index (χ4n) is 5.78. The minimum Gasteiger partial charge on any atom is -0.481 e. The zero-order valence-electron chi connectivity index (χ0n) is 28.5. The first kappa shape index (κ1) is 42.3. The first-order valence-corrected chi connectivity index (χ1v) is 17.6. The molecule has 0 saturated heterocycles. The highest BCUT2D eigenvalue weighted by molar-refractivity contribution is 5.93. The van der Waals surface area contributed by atoms with Crippen LogP contribution in [-0.2, 0) is 33.6 Å². The van der Waals surface area contributed by atoms with Gasteiger partial charge in [0.15, 0.2) is 0 Å². The van der Waals surface area contributed by atoms with Crippen LogP contribution in [0.2, 0.25) is 0 Å². The van der Waals surface area contributed by atoms with Gasteiger partial charge in [-0.2, -0.15) is 0 Å². The summed E-state index contributed by atoms with van der Waals surface area (Å²) in [4.78, 5) is 81.8. The van der Waals surface area contributed by atoms with E-state index in [1.807, 2.05) is 0 Å². The Hall–Kier alpha value is -3.77. The van der Waals surface area contributed by atoms with Crippen LogP contribution in [0.4, 0.5) is 0 Å². The minimum atomic E-state index is -1.47. The third-order valence-corrected chi connectivity index (χ3v) is 8.75. The molecule has 48 heavy (non-hydrogen) atoms. The fourth-order valence-corrected chi connectivity index (χ4v) is 5.78. The Bertz CT molecular complexity index is 1070. The number of hydrogen-bond acceptors (Lipinski definition) is 7. The van der Waals surface area contributed by atoms with Crippen molar-refractivity contribution in [1.29, 1.82) is 0 Å². The van der Waals surface area contributed by atoms with Crippen LogP contribution in [0.5, 0.6) is 0 Å². The first-order chi connectivity index (χ1) is 22.9. The lowest BCUT2D eigenvalue weighted by atomic mass is 9.81.